The van der Waals surface area contributed by atoms with E-state index in [1.165, 1.54) is 13.3 Å². The second-order valence-corrected chi connectivity index (χ2v) is 6.02. The van der Waals surface area contributed by atoms with Crippen LogP contribution in [0.1, 0.15) is 13.8 Å². The van der Waals surface area contributed by atoms with Crippen molar-refractivity contribution < 1.29 is 23.3 Å². The Bertz CT molecular complexity index is 346. The molecule has 2 atom stereocenters. The third-order valence-electron chi connectivity index (χ3n) is 1.34. The zero-order chi connectivity index (χ0) is 12.2. The number of hydrogen-bond acceptors (Lipinski definition) is 6. The van der Waals surface area contributed by atoms with Gasteiger partial charge in [-0.05, 0) is 19.3 Å². The number of hydrogen-bond donors (Lipinski definition) is 3. The molecule has 2 unspecified atom stereocenters. The molecular weight excluding hydrogens is 255 g/mol. The van der Waals surface area contributed by atoms with E-state index in [4.69, 9.17) is 13.9 Å². The Kier molecular flexibility index (Phi) is 4.97. The largest absolute Gasteiger partial charge is 0.529 e. The van der Waals surface area contributed by atoms with Crippen LogP contribution in [0.2, 0.25) is 0 Å². The summed E-state index contributed by atoms with van der Waals surface area (Å²) in [4.78, 5) is 20.5. The lowest BCUT2D eigenvalue weighted by Gasteiger charge is -2.19. The van der Waals surface area contributed by atoms with E-state index in [2.05, 4.69) is 9.88 Å². The van der Waals surface area contributed by atoms with Crippen LogP contribution in [0.5, 0.6) is 0 Å². The maximum absolute atomic E-state index is 11.5. The lowest BCUT2D eigenvalue weighted by Crippen LogP contribution is -2.15. The van der Waals surface area contributed by atoms with Gasteiger partial charge in [0.15, 0.2) is 0 Å². The van der Waals surface area contributed by atoms with Crippen molar-refractivity contribution in [3.8, 4) is 0 Å². The fourth-order valence-corrected chi connectivity index (χ4v) is 3.26. The van der Waals surface area contributed by atoms with E-state index in [0.717, 1.165) is 0 Å². The molecule has 7 nitrogen and oxygen atoms in total. The molecule has 16 heavy (non-hydrogen) atoms. The van der Waals surface area contributed by atoms with Crippen LogP contribution in [0.25, 0.3) is 0 Å². The summed E-state index contributed by atoms with van der Waals surface area (Å²) < 4.78 is 21.1. The highest BCUT2D eigenvalue weighted by Gasteiger charge is 2.29. The molecule has 0 amide bonds. The zero-order valence-electron chi connectivity index (χ0n) is 9.15. The van der Waals surface area contributed by atoms with E-state index in [1.54, 1.807) is 19.3 Å². The fourth-order valence-electron chi connectivity index (χ4n) is 0.916. The molecule has 0 aliphatic carbocycles. The summed E-state index contributed by atoms with van der Waals surface area (Å²) in [5.41, 5.74) is 0. The van der Waals surface area contributed by atoms with Gasteiger partial charge in [-0.3, -0.25) is 14.3 Å². The SMILES string of the molecule is CON[SH]1C=CN=C1OP(=O)(O)OC(C)C. The minimum absolute atomic E-state index is 0.100. The zero-order valence-corrected chi connectivity index (χ0v) is 10.9. The van der Waals surface area contributed by atoms with Crippen LogP contribution in [0, 0.1) is 0 Å². The van der Waals surface area contributed by atoms with Gasteiger partial charge in [-0.15, -0.1) is 0 Å². The van der Waals surface area contributed by atoms with Gasteiger partial charge in [0, 0.05) is 6.20 Å². The summed E-state index contributed by atoms with van der Waals surface area (Å²) in [5, 5.41) is 1.78. The van der Waals surface area contributed by atoms with Crippen molar-refractivity contribution in [2.75, 3.05) is 7.11 Å². The van der Waals surface area contributed by atoms with Crippen LogP contribution in [-0.4, -0.2) is 23.3 Å². The summed E-state index contributed by atoms with van der Waals surface area (Å²) in [7, 11) is -2.67. The van der Waals surface area contributed by atoms with E-state index in [1.807, 2.05) is 0 Å². The number of rotatable bonds is 5. The Hall–Kier alpha value is -0.370. The van der Waals surface area contributed by atoms with Gasteiger partial charge in [0.25, 0.3) is 5.23 Å². The minimum atomic E-state index is -4.11. The van der Waals surface area contributed by atoms with Crippen molar-refractivity contribution in [1.82, 2.24) is 4.89 Å². The van der Waals surface area contributed by atoms with E-state index >= 15 is 0 Å². The highest BCUT2D eigenvalue weighted by atomic mass is 32.2. The monoisotopic (exact) mass is 270 g/mol. The van der Waals surface area contributed by atoms with E-state index in [-0.39, 0.29) is 5.23 Å². The van der Waals surface area contributed by atoms with Gasteiger partial charge < -0.3 is 4.52 Å². The van der Waals surface area contributed by atoms with Gasteiger partial charge in [-0.1, -0.05) is 11.1 Å². The summed E-state index contributed by atoms with van der Waals surface area (Å²) in [6, 6.07) is 0. The summed E-state index contributed by atoms with van der Waals surface area (Å²) in [5.74, 6) is 0. The smallest absolute Gasteiger partial charge is 0.380 e. The highest BCUT2D eigenvalue weighted by Crippen LogP contribution is 2.48. The van der Waals surface area contributed by atoms with Gasteiger partial charge in [0.2, 0.25) is 0 Å². The molecule has 1 rings (SSSR count). The van der Waals surface area contributed by atoms with Crippen LogP contribution in [0.15, 0.2) is 16.6 Å². The average Bonchev–Trinajstić information content (AvgIpc) is 2.50. The Balaban J connectivity index is 2.57. The second kappa shape index (κ2) is 5.81. The minimum Gasteiger partial charge on any atom is -0.380 e. The summed E-state index contributed by atoms with van der Waals surface area (Å²) in [6.07, 6.45) is 1.06. The lowest BCUT2D eigenvalue weighted by molar-refractivity contribution is 0.157. The third-order valence-corrected chi connectivity index (χ3v) is 4.00. The molecule has 2 N–H and O–H groups in total. The normalized spacial score (nSPS) is 25.6. The summed E-state index contributed by atoms with van der Waals surface area (Å²) in [6.45, 7) is 3.27. The Morgan fingerprint density at radius 2 is 2.31 bits per heavy atom. The molecule has 0 aromatic rings. The number of aliphatic imine (C=N–C) groups is 1. The third kappa shape index (κ3) is 4.25. The van der Waals surface area contributed by atoms with Crippen molar-refractivity contribution in [2.45, 2.75) is 20.0 Å². The van der Waals surface area contributed by atoms with Crippen molar-refractivity contribution >= 4 is 24.1 Å². The predicted octanol–water partition coefficient (Wildman–Crippen LogP) is 1.44. The topological polar surface area (TPSA) is 89.4 Å². The molecule has 94 valence electrons. The molecule has 9 heteroatoms. The Morgan fingerprint density at radius 3 is 2.88 bits per heavy atom. The van der Waals surface area contributed by atoms with Gasteiger partial charge in [-0.2, -0.15) is 4.89 Å². The number of thiol groups is 1. The molecule has 1 aliphatic rings. The lowest BCUT2D eigenvalue weighted by atomic mass is 10.5. The van der Waals surface area contributed by atoms with Crippen molar-refractivity contribution in [2.24, 2.45) is 4.99 Å². The maximum atomic E-state index is 11.5. The van der Waals surface area contributed by atoms with Crippen molar-refractivity contribution in [1.29, 1.82) is 0 Å². The molecule has 0 saturated heterocycles. The van der Waals surface area contributed by atoms with Crippen LogP contribution < -0.4 is 4.89 Å². The molecule has 0 bridgehead atoms. The summed E-state index contributed by atoms with van der Waals surface area (Å²) >= 11 is -1.14. The van der Waals surface area contributed by atoms with Crippen LogP contribution in [-0.2, 0) is 18.5 Å². The first-order valence-electron chi connectivity index (χ1n) is 4.48. The number of nitrogens with zero attached hydrogens (tertiary/aromatic N) is 1. The number of phosphoric acid groups is 1. The Morgan fingerprint density at radius 1 is 1.62 bits per heavy atom. The van der Waals surface area contributed by atoms with Gasteiger partial charge in [0.05, 0.1) is 13.2 Å². The van der Waals surface area contributed by atoms with E-state index < -0.39 is 25.0 Å². The van der Waals surface area contributed by atoms with Crippen LogP contribution in [0.4, 0.5) is 0 Å². The molecule has 0 fully saturated rings. The van der Waals surface area contributed by atoms with E-state index in [9.17, 15) is 9.46 Å². The molecule has 0 spiro atoms. The molecule has 0 aromatic heterocycles. The molecule has 1 aliphatic heterocycles. The van der Waals surface area contributed by atoms with Gasteiger partial charge in [-0.25, -0.2) is 9.56 Å². The van der Waals surface area contributed by atoms with Gasteiger partial charge in [0.1, 0.15) is 0 Å². The molecule has 0 saturated carbocycles. The fraction of sp³-hybridized carbons (Fsp3) is 0.571. The molecule has 1 heterocycles. The van der Waals surface area contributed by atoms with Crippen molar-refractivity contribution in [3.05, 3.63) is 11.6 Å². The first-order valence-corrected chi connectivity index (χ1v) is 7.38. The maximum Gasteiger partial charge on any atom is 0.529 e. The van der Waals surface area contributed by atoms with E-state index in [0.29, 0.717) is 0 Å². The number of nitrogens with one attached hydrogen (secondary N) is 1. The molecule has 0 aromatic carbocycles. The molecule has 0 radical (unpaired) electrons. The first-order chi connectivity index (χ1) is 7.44. The standard InChI is InChI=1S/C7H15N2O5PS/c1-6(2)13-15(10,11)14-7-8-4-5-16(7)9-12-3/h4-6,9,16H,1-3H3,(H,10,11). The predicted molar refractivity (Wildman–Crippen MR) is 62.8 cm³/mol. The Labute approximate surface area is 96.5 Å². The number of phosphoric ester groups is 1. The average molecular weight is 270 g/mol. The second-order valence-electron chi connectivity index (χ2n) is 3.09. The highest BCUT2D eigenvalue weighted by molar-refractivity contribution is 8.30. The van der Waals surface area contributed by atoms with Crippen LogP contribution in [0.3, 0.4) is 0 Å². The quantitative estimate of drug-likeness (QED) is 0.398. The van der Waals surface area contributed by atoms with Gasteiger partial charge >= 0.3 is 7.82 Å². The molecular formula is C7H15N2O5PS. The van der Waals surface area contributed by atoms with Crippen LogP contribution >= 0.6 is 18.9 Å². The van der Waals surface area contributed by atoms with Crippen molar-refractivity contribution in [3.63, 3.8) is 0 Å². The first kappa shape index (κ1) is 13.7.